The zero-order chi connectivity index (χ0) is 20.8. The molecule has 0 spiro atoms. The second-order valence-corrected chi connectivity index (χ2v) is 9.94. The minimum atomic E-state index is -3.66. The van der Waals surface area contributed by atoms with Crippen LogP contribution >= 0.6 is 15.9 Å². The quantitative estimate of drug-likeness (QED) is 0.564. The van der Waals surface area contributed by atoms with Crippen molar-refractivity contribution in [2.45, 2.75) is 44.0 Å². The van der Waals surface area contributed by atoms with E-state index in [1.807, 2.05) is 24.3 Å². The maximum atomic E-state index is 12.4. The van der Waals surface area contributed by atoms with Gasteiger partial charge in [0.2, 0.25) is 15.9 Å². The van der Waals surface area contributed by atoms with Crippen molar-refractivity contribution in [2.24, 2.45) is 0 Å². The van der Waals surface area contributed by atoms with Gasteiger partial charge in [0, 0.05) is 22.1 Å². The molecule has 0 bridgehead atoms. The molecule has 0 saturated carbocycles. The van der Waals surface area contributed by atoms with Gasteiger partial charge in [0.15, 0.2) is 0 Å². The molecule has 152 valence electrons. The van der Waals surface area contributed by atoms with Gasteiger partial charge in [0.25, 0.3) is 0 Å². The van der Waals surface area contributed by atoms with Gasteiger partial charge in [-0.2, -0.15) is 0 Å². The molecule has 0 saturated heterocycles. The Kier molecular flexibility index (Phi) is 7.63. The van der Waals surface area contributed by atoms with Gasteiger partial charge in [-0.3, -0.25) is 4.79 Å². The van der Waals surface area contributed by atoms with E-state index in [0.29, 0.717) is 18.7 Å². The Morgan fingerprint density at radius 2 is 1.82 bits per heavy atom. The van der Waals surface area contributed by atoms with Crippen LogP contribution in [0.3, 0.4) is 0 Å². The van der Waals surface area contributed by atoms with Crippen molar-refractivity contribution >= 4 is 37.5 Å². The van der Waals surface area contributed by atoms with Crippen LogP contribution in [0.15, 0.2) is 57.9 Å². The molecule has 2 aromatic carbocycles. The minimum Gasteiger partial charge on any atom is -0.494 e. The molecule has 0 unspecified atom stereocenters. The van der Waals surface area contributed by atoms with E-state index in [9.17, 15) is 13.2 Å². The zero-order valence-corrected chi connectivity index (χ0v) is 18.6. The summed E-state index contributed by atoms with van der Waals surface area (Å²) in [6.45, 7) is 5.72. The summed E-state index contributed by atoms with van der Waals surface area (Å²) in [4.78, 5) is 12.2. The van der Waals surface area contributed by atoms with Gasteiger partial charge < -0.3 is 10.1 Å². The van der Waals surface area contributed by atoms with E-state index < -0.39 is 15.6 Å². The van der Waals surface area contributed by atoms with E-state index in [2.05, 4.69) is 26.0 Å². The highest BCUT2D eigenvalue weighted by molar-refractivity contribution is 9.10. The summed E-state index contributed by atoms with van der Waals surface area (Å²) < 4.78 is 33.9. The minimum absolute atomic E-state index is 0.109. The molecule has 6 nitrogen and oxygen atoms in total. The average Bonchev–Trinajstić information content (AvgIpc) is 2.57. The van der Waals surface area contributed by atoms with Crippen molar-refractivity contribution < 1.29 is 17.9 Å². The van der Waals surface area contributed by atoms with Gasteiger partial charge in [-0.15, -0.1) is 0 Å². The Bertz CT molecular complexity index is 924. The SMILES string of the molecule is CC(C)(C)NS(=O)(=O)c1cccc(NC(=O)CCCOc2cccc(Br)c2)c1. The number of sulfonamides is 1. The van der Waals surface area contributed by atoms with Gasteiger partial charge in [-0.25, -0.2) is 13.1 Å². The molecule has 0 heterocycles. The monoisotopic (exact) mass is 468 g/mol. The molecule has 2 aromatic rings. The Labute approximate surface area is 174 Å². The van der Waals surface area contributed by atoms with Gasteiger partial charge in [-0.05, 0) is 63.6 Å². The molecule has 28 heavy (non-hydrogen) atoms. The van der Waals surface area contributed by atoms with Crippen molar-refractivity contribution in [2.75, 3.05) is 11.9 Å². The highest BCUT2D eigenvalue weighted by Gasteiger charge is 2.22. The third-order valence-electron chi connectivity index (χ3n) is 3.48. The van der Waals surface area contributed by atoms with Gasteiger partial charge in [0.1, 0.15) is 5.75 Å². The molecule has 0 radical (unpaired) electrons. The van der Waals surface area contributed by atoms with E-state index >= 15 is 0 Å². The lowest BCUT2D eigenvalue weighted by Gasteiger charge is -2.20. The number of ether oxygens (including phenoxy) is 1. The lowest BCUT2D eigenvalue weighted by atomic mass is 10.1. The van der Waals surface area contributed by atoms with Crippen molar-refractivity contribution in [1.29, 1.82) is 0 Å². The molecule has 0 fully saturated rings. The molecule has 2 rings (SSSR count). The number of hydrogen-bond donors (Lipinski definition) is 2. The molecule has 0 atom stereocenters. The maximum Gasteiger partial charge on any atom is 0.241 e. The number of carbonyl (C=O) groups is 1. The Morgan fingerprint density at radius 1 is 1.11 bits per heavy atom. The van der Waals surface area contributed by atoms with Crippen molar-refractivity contribution in [1.82, 2.24) is 4.72 Å². The third-order valence-corrected chi connectivity index (χ3v) is 5.73. The van der Waals surface area contributed by atoms with Crippen LogP contribution in [-0.4, -0.2) is 26.5 Å². The van der Waals surface area contributed by atoms with Crippen LogP contribution in [0, 0.1) is 0 Å². The van der Waals surface area contributed by atoms with Crippen LogP contribution in [0.2, 0.25) is 0 Å². The number of benzene rings is 2. The number of amides is 1. The molecular formula is C20H25BrN2O4S. The van der Waals surface area contributed by atoms with Gasteiger partial charge in [-0.1, -0.05) is 28.1 Å². The van der Waals surface area contributed by atoms with E-state index in [1.54, 1.807) is 32.9 Å². The topological polar surface area (TPSA) is 84.5 Å². The highest BCUT2D eigenvalue weighted by atomic mass is 79.9. The number of anilines is 1. The largest absolute Gasteiger partial charge is 0.494 e. The summed E-state index contributed by atoms with van der Waals surface area (Å²) in [5.41, 5.74) is -0.151. The number of hydrogen-bond acceptors (Lipinski definition) is 4. The van der Waals surface area contributed by atoms with Gasteiger partial charge in [0.05, 0.1) is 11.5 Å². The normalized spacial score (nSPS) is 11.9. The van der Waals surface area contributed by atoms with E-state index in [-0.39, 0.29) is 17.2 Å². The summed E-state index contributed by atoms with van der Waals surface area (Å²) >= 11 is 3.38. The smallest absolute Gasteiger partial charge is 0.241 e. The molecule has 1 amide bonds. The predicted molar refractivity (Wildman–Crippen MR) is 114 cm³/mol. The third kappa shape index (κ3) is 7.61. The fraction of sp³-hybridized carbons (Fsp3) is 0.350. The lowest BCUT2D eigenvalue weighted by molar-refractivity contribution is -0.116. The maximum absolute atomic E-state index is 12.4. The number of rotatable bonds is 8. The Hall–Kier alpha value is -1.90. The van der Waals surface area contributed by atoms with E-state index in [1.165, 1.54) is 12.1 Å². The number of carbonyl (C=O) groups excluding carboxylic acids is 1. The summed E-state index contributed by atoms with van der Waals surface area (Å²) in [5, 5.41) is 2.73. The zero-order valence-electron chi connectivity index (χ0n) is 16.2. The molecule has 0 aliphatic heterocycles. The van der Waals surface area contributed by atoms with Crippen LogP contribution in [0.1, 0.15) is 33.6 Å². The number of halogens is 1. The van der Waals surface area contributed by atoms with E-state index in [4.69, 9.17) is 4.74 Å². The van der Waals surface area contributed by atoms with Gasteiger partial charge >= 0.3 is 0 Å². The number of nitrogens with one attached hydrogen (secondary N) is 2. The van der Waals surface area contributed by atoms with Crippen molar-refractivity contribution in [3.63, 3.8) is 0 Å². The summed E-state index contributed by atoms with van der Waals surface area (Å²) in [6, 6.07) is 13.7. The lowest BCUT2D eigenvalue weighted by Crippen LogP contribution is -2.40. The first-order chi connectivity index (χ1) is 13.0. The molecule has 0 aromatic heterocycles. The second-order valence-electron chi connectivity index (χ2n) is 7.34. The first-order valence-electron chi connectivity index (χ1n) is 8.87. The molecule has 8 heteroatoms. The van der Waals surface area contributed by atoms with Crippen LogP contribution in [0.5, 0.6) is 5.75 Å². The molecule has 0 aliphatic carbocycles. The summed E-state index contributed by atoms with van der Waals surface area (Å²) in [6.07, 6.45) is 0.813. The second kappa shape index (κ2) is 9.54. The Morgan fingerprint density at radius 3 is 2.50 bits per heavy atom. The summed E-state index contributed by atoms with van der Waals surface area (Å²) in [7, 11) is -3.66. The van der Waals surface area contributed by atoms with E-state index in [0.717, 1.165) is 10.2 Å². The standard InChI is InChI=1S/C20H25BrN2O4S/c1-20(2,3)23-28(25,26)18-10-5-8-16(14-18)22-19(24)11-6-12-27-17-9-4-7-15(21)13-17/h4-5,7-10,13-14,23H,6,11-12H2,1-3H3,(H,22,24). The van der Waals surface area contributed by atoms with Crippen LogP contribution in [0.25, 0.3) is 0 Å². The fourth-order valence-corrected chi connectivity index (χ4v) is 4.25. The highest BCUT2D eigenvalue weighted by Crippen LogP contribution is 2.19. The van der Waals surface area contributed by atoms with Crippen LogP contribution in [0.4, 0.5) is 5.69 Å². The molecule has 2 N–H and O–H groups in total. The summed E-state index contributed by atoms with van der Waals surface area (Å²) in [5.74, 6) is 0.537. The van der Waals surface area contributed by atoms with Crippen molar-refractivity contribution in [3.05, 3.63) is 53.0 Å². The first kappa shape index (κ1) is 22.4. The molecular weight excluding hydrogens is 444 g/mol. The van der Waals surface area contributed by atoms with Crippen LogP contribution in [-0.2, 0) is 14.8 Å². The van der Waals surface area contributed by atoms with Crippen LogP contribution < -0.4 is 14.8 Å². The first-order valence-corrected chi connectivity index (χ1v) is 11.1. The average molecular weight is 469 g/mol. The molecule has 0 aliphatic rings. The Balaban J connectivity index is 1.87. The fourth-order valence-electron chi connectivity index (χ4n) is 2.41. The van der Waals surface area contributed by atoms with Crippen molar-refractivity contribution in [3.8, 4) is 5.75 Å². The predicted octanol–water partition coefficient (Wildman–Crippen LogP) is 4.32.